The Morgan fingerprint density at radius 2 is 0.291 bits per heavy atom. The average Bonchev–Trinajstić information content (AvgIpc) is 0.839. The van der Waals surface area contributed by atoms with Crippen LogP contribution in [0.3, 0.4) is 0 Å². The SMILES string of the molecule is CSC(SC)=C(C(=O)O)C(=O)O.CSC(SC)=C(C(=O)O)C(=O)O.[Ag].[Ag].[Cu].c1ccc([PH+](c2ccccc2)c2ccccc2)cc1.c1ccc([PH+](c2ccccc2)c2ccccc2)cc1.c1ccc([PH+](c2ccccc2)c2ccccc2)cc1.c1ccc([PH+](c2ccccc2)c2ccccc2)cc1. The Morgan fingerprint density at radius 1 is 0.204 bits per heavy atom. The van der Waals surface area contributed by atoms with Crippen LogP contribution in [0, 0.1) is 0 Å². The normalized spacial score (nSPS) is 9.94. The van der Waals surface area contributed by atoms with E-state index >= 15 is 0 Å². The molecule has 0 amide bonds. The fourth-order valence-corrected chi connectivity index (χ4v) is 23.5. The number of carboxylic acid groups (broad SMARTS) is 4. The van der Waals surface area contributed by atoms with E-state index in [2.05, 4.69) is 364 Å². The molecule has 0 saturated carbocycles. The van der Waals surface area contributed by atoms with Gasteiger partial charge in [-0.15, -0.1) is 47.0 Å². The summed E-state index contributed by atoms with van der Waals surface area (Å²) in [4.78, 5) is 41.7. The van der Waals surface area contributed by atoms with E-state index in [4.69, 9.17) is 20.4 Å². The Morgan fingerprint density at radius 3 is 0.350 bits per heavy atom. The van der Waals surface area contributed by atoms with E-state index in [0.717, 1.165) is 47.0 Å². The fraction of sp³-hybridized carbons (Fsp3) is 0.0476. The molecule has 12 aromatic carbocycles. The minimum absolute atomic E-state index is 0. The number of benzene rings is 12. The summed E-state index contributed by atoms with van der Waals surface area (Å²) >= 11 is 4.46. The maximum Gasteiger partial charge on any atom is 0.344 e. The predicted molar refractivity (Wildman–Crippen MR) is 445 cm³/mol. The van der Waals surface area contributed by atoms with Gasteiger partial charge >= 0.3 is 23.9 Å². The van der Waals surface area contributed by atoms with Crippen molar-refractivity contribution in [2.24, 2.45) is 0 Å². The molecule has 19 heteroatoms. The van der Waals surface area contributed by atoms with Crippen molar-refractivity contribution < 1.29 is 101 Å². The largest absolute Gasteiger partial charge is 0.477 e. The van der Waals surface area contributed by atoms with Crippen molar-refractivity contribution in [2.75, 3.05) is 25.0 Å². The van der Waals surface area contributed by atoms with E-state index < -0.39 is 66.7 Å². The maximum absolute atomic E-state index is 10.4. The van der Waals surface area contributed by atoms with Crippen LogP contribution in [-0.4, -0.2) is 69.3 Å². The minimum Gasteiger partial charge on any atom is -0.477 e. The number of carbonyl (C=O) groups is 4. The summed E-state index contributed by atoms with van der Waals surface area (Å²) in [5, 5.41) is 51.3. The van der Waals surface area contributed by atoms with Gasteiger partial charge in [0.2, 0.25) is 0 Å². The molecular formula is C84H80Ag2CuO8P4S4+4. The molecule has 0 aliphatic carbocycles. The van der Waals surface area contributed by atoms with E-state index in [1.807, 2.05) is 0 Å². The van der Waals surface area contributed by atoms with Crippen LogP contribution in [0.15, 0.2) is 384 Å². The zero-order valence-corrected chi connectivity index (χ0v) is 67.8. The molecule has 12 aromatic rings. The van der Waals surface area contributed by atoms with Crippen LogP contribution in [0.4, 0.5) is 0 Å². The van der Waals surface area contributed by atoms with Gasteiger partial charge in [0, 0.05) is 61.8 Å². The first-order valence-electron chi connectivity index (χ1n) is 31.6. The maximum atomic E-state index is 10.4. The zero-order valence-electron chi connectivity index (χ0n) is 56.6. The number of carboxylic acids is 4. The zero-order chi connectivity index (χ0) is 71.1. The van der Waals surface area contributed by atoms with Gasteiger partial charge in [-0.2, -0.15) is 0 Å². The first-order valence-corrected chi connectivity index (χ1v) is 42.5. The van der Waals surface area contributed by atoms with Crippen molar-refractivity contribution in [3.05, 3.63) is 384 Å². The van der Waals surface area contributed by atoms with Crippen LogP contribution in [0.1, 0.15) is 0 Å². The summed E-state index contributed by atoms with van der Waals surface area (Å²) < 4.78 is 0.602. The summed E-state index contributed by atoms with van der Waals surface area (Å²) in [5.41, 5.74) is -1.12. The molecule has 0 aliphatic rings. The van der Waals surface area contributed by atoms with E-state index in [0.29, 0.717) is 8.47 Å². The second-order valence-electron chi connectivity index (χ2n) is 21.3. The summed E-state index contributed by atoms with van der Waals surface area (Å²) in [6.07, 6.45) is 6.55. The van der Waals surface area contributed by atoms with Crippen molar-refractivity contribution in [2.45, 2.75) is 0 Å². The molecule has 0 heterocycles. The topological polar surface area (TPSA) is 149 Å². The van der Waals surface area contributed by atoms with E-state index in [1.54, 1.807) is 25.0 Å². The van der Waals surface area contributed by atoms with Gasteiger partial charge in [0.15, 0.2) is 11.1 Å². The summed E-state index contributed by atoms with van der Waals surface area (Å²) in [6.45, 7) is 0. The fourth-order valence-electron chi connectivity index (χ4n) is 10.4. The van der Waals surface area contributed by atoms with Crippen LogP contribution < -0.4 is 63.7 Å². The smallest absolute Gasteiger partial charge is 0.344 e. The Balaban J connectivity index is 0.000000263. The molecule has 4 N–H and O–H groups in total. The van der Waals surface area contributed by atoms with Gasteiger partial charge in [-0.1, -0.05) is 218 Å². The summed E-state index contributed by atoms with van der Waals surface area (Å²) in [5.74, 6) is -5.61. The van der Waals surface area contributed by atoms with Crippen LogP contribution in [-0.2, 0) is 81.0 Å². The molecule has 0 saturated heterocycles. The molecule has 8 nitrogen and oxygen atoms in total. The molecule has 0 aromatic heterocycles. The van der Waals surface area contributed by atoms with Crippen molar-refractivity contribution in [3.63, 3.8) is 0 Å². The first-order chi connectivity index (χ1) is 48.9. The average molecular weight is 1750 g/mol. The molecule has 0 spiro atoms. The van der Waals surface area contributed by atoms with Gasteiger partial charge < -0.3 is 20.4 Å². The third-order valence-corrected chi connectivity index (χ3v) is 30.0. The summed E-state index contributed by atoms with van der Waals surface area (Å²) in [7, 11) is -3.51. The van der Waals surface area contributed by atoms with Crippen LogP contribution in [0.2, 0.25) is 0 Å². The predicted octanol–water partition coefficient (Wildman–Crippen LogP) is 14.9. The second-order valence-corrected chi connectivity index (χ2v) is 35.0. The molecule has 12 rings (SSSR count). The van der Waals surface area contributed by atoms with Gasteiger partial charge in [-0.25, -0.2) is 19.2 Å². The van der Waals surface area contributed by atoms with Gasteiger partial charge in [0.1, 0.15) is 63.7 Å². The summed E-state index contributed by atoms with van der Waals surface area (Å²) in [6, 6.07) is 130. The van der Waals surface area contributed by atoms with Crippen LogP contribution in [0.25, 0.3) is 0 Å². The number of hydrogen-bond acceptors (Lipinski definition) is 8. The Labute approximate surface area is 669 Å². The molecule has 0 unspecified atom stereocenters. The molecule has 0 bridgehead atoms. The molecular weight excluding hydrogens is 1670 g/mol. The Bertz CT molecular complexity index is 3480. The third kappa shape index (κ3) is 28.8. The first kappa shape index (κ1) is 88.5. The number of rotatable bonds is 20. The third-order valence-electron chi connectivity index (χ3n) is 14.8. The van der Waals surface area contributed by atoms with E-state index in [-0.39, 0.29) is 61.8 Å². The number of thioether (sulfide) groups is 4. The molecule has 0 atom stereocenters. The quantitative estimate of drug-likeness (QED) is 0.0189. The van der Waals surface area contributed by atoms with E-state index in [9.17, 15) is 19.2 Å². The van der Waals surface area contributed by atoms with Crippen LogP contribution >= 0.6 is 78.7 Å². The molecule has 537 valence electrons. The van der Waals surface area contributed by atoms with Crippen molar-refractivity contribution >= 4 is 166 Å². The van der Waals surface area contributed by atoms with Gasteiger partial charge in [0.05, 0.1) is 40.2 Å². The van der Waals surface area contributed by atoms with Gasteiger partial charge in [-0.05, 0) is 171 Å². The Hall–Kier alpha value is -6.88. The van der Waals surface area contributed by atoms with Gasteiger partial charge in [-0.3, -0.25) is 0 Å². The Kier molecular flexibility index (Phi) is 43.4. The van der Waals surface area contributed by atoms with Crippen molar-refractivity contribution in [1.29, 1.82) is 0 Å². The van der Waals surface area contributed by atoms with Crippen molar-refractivity contribution in [3.8, 4) is 0 Å². The van der Waals surface area contributed by atoms with Crippen LogP contribution in [0.5, 0.6) is 0 Å². The van der Waals surface area contributed by atoms with Gasteiger partial charge in [0.25, 0.3) is 0 Å². The van der Waals surface area contributed by atoms with Crippen molar-refractivity contribution in [1.82, 2.24) is 0 Å². The molecule has 103 heavy (non-hydrogen) atoms. The van der Waals surface area contributed by atoms with E-state index in [1.165, 1.54) is 63.7 Å². The number of hydrogen-bond donors (Lipinski definition) is 4. The molecule has 3 radical (unpaired) electrons. The second kappa shape index (κ2) is 50.5. The molecule has 0 fully saturated rings. The monoisotopic (exact) mass is 1750 g/mol. The number of aliphatic carboxylic acids is 4. The standard InChI is InChI=1S/4C18H15P.2C6H8O4S2.2Ag.Cu/c4*1-4-10-16(11-5-1)19(17-12-6-2-7-13-17)18-14-8-3-9-15-18;2*1-11-6(12-2)3(4(7)8)5(9)10;;;/h4*1-15H;2*1-2H3,(H,7,8)(H,9,10);;;/p+4. The molecule has 0 aliphatic heterocycles. The minimum atomic E-state index is -1.40.